The summed E-state index contributed by atoms with van der Waals surface area (Å²) in [5, 5.41) is 2.22. The topological polar surface area (TPSA) is 38.7 Å². The van der Waals surface area contributed by atoms with E-state index >= 15 is 0 Å². The highest BCUT2D eigenvalue weighted by atomic mass is 15.0. The number of benzene rings is 9. The van der Waals surface area contributed by atoms with E-state index in [1.165, 1.54) is 44.5 Å². The number of hydrogen-bond acceptors (Lipinski definition) is 3. The van der Waals surface area contributed by atoms with Crippen molar-refractivity contribution in [3.63, 3.8) is 0 Å². The van der Waals surface area contributed by atoms with Crippen LogP contribution in [0, 0.1) is 0 Å². The maximum Gasteiger partial charge on any atom is 0.164 e. The summed E-state index contributed by atoms with van der Waals surface area (Å²) in [4.78, 5) is 15.8. The van der Waals surface area contributed by atoms with Crippen molar-refractivity contribution >= 4 is 22.4 Å². The van der Waals surface area contributed by atoms with Crippen molar-refractivity contribution in [1.82, 2.24) is 15.0 Å². The molecule has 0 saturated heterocycles. The van der Waals surface area contributed by atoms with E-state index in [0.717, 1.165) is 56.1 Å². The van der Waals surface area contributed by atoms with Crippen molar-refractivity contribution in [3.05, 3.63) is 269 Å². The molecule has 2 aliphatic rings. The van der Waals surface area contributed by atoms with Gasteiger partial charge in [0.1, 0.15) is 0 Å². The van der Waals surface area contributed by atoms with Gasteiger partial charge >= 0.3 is 0 Å². The van der Waals surface area contributed by atoms with E-state index in [1.807, 2.05) is 18.2 Å². The zero-order chi connectivity index (χ0) is 42.5. The molecule has 12 rings (SSSR count). The molecule has 64 heavy (non-hydrogen) atoms. The van der Waals surface area contributed by atoms with Crippen LogP contribution in [0.2, 0.25) is 0 Å². The van der Waals surface area contributed by atoms with Gasteiger partial charge in [-0.15, -0.1) is 0 Å². The van der Waals surface area contributed by atoms with Crippen molar-refractivity contribution in [2.24, 2.45) is 0 Å². The molecule has 300 valence electrons. The Balaban J connectivity index is 1.04. The number of rotatable bonds is 7. The minimum Gasteiger partial charge on any atom is -0.208 e. The Labute approximate surface area is 373 Å². The van der Waals surface area contributed by atoms with Crippen LogP contribution >= 0.6 is 0 Å². The van der Waals surface area contributed by atoms with Gasteiger partial charge in [0.05, 0.1) is 5.41 Å². The fourth-order valence-corrected chi connectivity index (χ4v) is 10.2. The first-order chi connectivity index (χ1) is 31.8. The van der Waals surface area contributed by atoms with Crippen LogP contribution in [0.3, 0.4) is 0 Å². The van der Waals surface area contributed by atoms with Gasteiger partial charge in [0.25, 0.3) is 0 Å². The third-order valence-corrected chi connectivity index (χ3v) is 13.1. The quantitative estimate of drug-likeness (QED) is 0.161. The standard InChI is InChI=1S/C61H41N3/c1-5-20-41(21-6-1)46-28-13-14-30-50-49(46)33-19-34-54(50)59-62-58(42-22-7-2-8-23-42)63-60(64-59)55-39-38-47(48-29-15-16-31-51(48)55)43-36-37-53-52-32-17-18-35-56(52)61(57(53)40-43,44-24-9-3-10-25-44)45-26-11-4-12-27-45/h1-12,14-40H,13H2. The van der Waals surface area contributed by atoms with Gasteiger partial charge in [-0.1, -0.05) is 224 Å². The third-order valence-electron chi connectivity index (χ3n) is 13.1. The molecule has 0 atom stereocenters. The lowest BCUT2D eigenvalue weighted by molar-refractivity contribution is 0.769. The molecule has 0 bridgehead atoms. The van der Waals surface area contributed by atoms with E-state index in [0.29, 0.717) is 17.5 Å². The normalized spacial score (nSPS) is 13.4. The number of allylic oxidation sites excluding steroid dienone is 2. The molecule has 1 aromatic heterocycles. The van der Waals surface area contributed by atoms with Crippen LogP contribution in [0.15, 0.2) is 231 Å². The van der Waals surface area contributed by atoms with Gasteiger partial charge < -0.3 is 0 Å². The summed E-state index contributed by atoms with van der Waals surface area (Å²) < 4.78 is 0. The Morgan fingerprint density at radius 3 is 1.58 bits per heavy atom. The smallest absolute Gasteiger partial charge is 0.164 e. The lowest BCUT2D eigenvalue weighted by atomic mass is 9.67. The van der Waals surface area contributed by atoms with E-state index in [9.17, 15) is 0 Å². The lowest BCUT2D eigenvalue weighted by Gasteiger charge is -2.34. The Morgan fingerprint density at radius 2 is 0.859 bits per heavy atom. The highest BCUT2D eigenvalue weighted by Crippen LogP contribution is 2.57. The summed E-state index contributed by atoms with van der Waals surface area (Å²) in [7, 11) is 0. The minimum atomic E-state index is -0.488. The zero-order valence-electron chi connectivity index (χ0n) is 35.1. The first kappa shape index (κ1) is 37.5. The van der Waals surface area contributed by atoms with Gasteiger partial charge in [-0.05, 0) is 96.1 Å². The highest BCUT2D eigenvalue weighted by molar-refractivity contribution is 6.05. The SMILES string of the molecule is C1=Cc2c(cccc2-c2nc(-c3ccccc3)nc(-c3ccc(-c4ccc5c(c4)C(c4ccccc4)(c4ccccc4)c4ccccc4-5)c4ccccc34)n2)C(c2ccccc2)=CC1. The second-order valence-electron chi connectivity index (χ2n) is 16.6. The molecular weight excluding hydrogens is 775 g/mol. The predicted molar refractivity (Wildman–Crippen MR) is 264 cm³/mol. The van der Waals surface area contributed by atoms with Crippen LogP contribution in [-0.4, -0.2) is 15.0 Å². The van der Waals surface area contributed by atoms with E-state index in [2.05, 4.69) is 218 Å². The summed E-state index contributed by atoms with van der Waals surface area (Å²) in [6, 6.07) is 78.5. The van der Waals surface area contributed by atoms with Crippen molar-refractivity contribution in [2.75, 3.05) is 0 Å². The zero-order valence-corrected chi connectivity index (χ0v) is 35.1. The second-order valence-corrected chi connectivity index (χ2v) is 16.6. The van der Waals surface area contributed by atoms with E-state index < -0.39 is 5.41 Å². The van der Waals surface area contributed by atoms with Crippen LogP contribution in [0.25, 0.3) is 78.8 Å². The number of aromatic nitrogens is 3. The third kappa shape index (κ3) is 6.08. The van der Waals surface area contributed by atoms with E-state index in [-0.39, 0.29) is 0 Å². The minimum absolute atomic E-state index is 0.488. The highest BCUT2D eigenvalue weighted by Gasteiger charge is 2.46. The Hall–Kier alpha value is -8.27. The molecule has 10 aromatic rings. The summed E-state index contributed by atoms with van der Waals surface area (Å²) >= 11 is 0. The molecule has 0 saturated carbocycles. The fourth-order valence-electron chi connectivity index (χ4n) is 10.2. The van der Waals surface area contributed by atoms with Gasteiger partial charge in [0.15, 0.2) is 17.5 Å². The van der Waals surface area contributed by atoms with Crippen LogP contribution in [0.4, 0.5) is 0 Å². The fraction of sp³-hybridized carbons (Fsp3) is 0.0328. The molecule has 2 aliphatic carbocycles. The summed E-state index contributed by atoms with van der Waals surface area (Å²) in [6.07, 6.45) is 7.61. The molecule has 0 aliphatic heterocycles. The Bertz CT molecular complexity index is 3400. The van der Waals surface area contributed by atoms with Crippen LogP contribution in [0.5, 0.6) is 0 Å². The molecule has 3 heteroatoms. The van der Waals surface area contributed by atoms with Gasteiger partial charge in [-0.25, -0.2) is 15.0 Å². The second kappa shape index (κ2) is 15.6. The first-order valence-corrected chi connectivity index (χ1v) is 22.0. The van der Waals surface area contributed by atoms with Crippen LogP contribution in [-0.2, 0) is 5.41 Å². The van der Waals surface area contributed by atoms with Crippen molar-refractivity contribution in [1.29, 1.82) is 0 Å². The monoisotopic (exact) mass is 815 g/mol. The average Bonchev–Trinajstić information content (AvgIpc) is 3.49. The van der Waals surface area contributed by atoms with Gasteiger partial charge in [0.2, 0.25) is 0 Å². The number of hydrogen-bond donors (Lipinski definition) is 0. The van der Waals surface area contributed by atoms with Gasteiger partial charge in [-0.3, -0.25) is 0 Å². The number of nitrogens with zero attached hydrogens (tertiary/aromatic N) is 3. The lowest BCUT2D eigenvalue weighted by Crippen LogP contribution is -2.28. The van der Waals surface area contributed by atoms with E-state index in [1.54, 1.807) is 0 Å². The van der Waals surface area contributed by atoms with Crippen molar-refractivity contribution in [2.45, 2.75) is 11.8 Å². The predicted octanol–water partition coefficient (Wildman–Crippen LogP) is 14.9. The molecule has 0 unspecified atom stereocenters. The van der Waals surface area contributed by atoms with Gasteiger partial charge in [-0.2, -0.15) is 0 Å². The Morgan fingerprint density at radius 1 is 0.344 bits per heavy atom. The summed E-state index contributed by atoms with van der Waals surface area (Å²) in [5.41, 5.74) is 17.0. The maximum atomic E-state index is 5.37. The molecule has 1 heterocycles. The molecule has 3 nitrogen and oxygen atoms in total. The first-order valence-electron chi connectivity index (χ1n) is 22.0. The van der Waals surface area contributed by atoms with E-state index in [4.69, 9.17) is 15.0 Å². The van der Waals surface area contributed by atoms with Crippen molar-refractivity contribution < 1.29 is 0 Å². The molecular formula is C61H41N3. The molecule has 0 spiro atoms. The van der Waals surface area contributed by atoms with Crippen LogP contribution < -0.4 is 0 Å². The summed E-state index contributed by atoms with van der Waals surface area (Å²) in [5.74, 6) is 1.92. The average molecular weight is 816 g/mol. The summed E-state index contributed by atoms with van der Waals surface area (Å²) in [6.45, 7) is 0. The largest absolute Gasteiger partial charge is 0.208 e. The molecule has 0 N–H and O–H groups in total. The number of fused-ring (bicyclic) bond motifs is 5. The molecule has 0 amide bonds. The van der Waals surface area contributed by atoms with Crippen LogP contribution in [0.1, 0.15) is 45.4 Å². The van der Waals surface area contributed by atoms with Gasteiger partial charge in [0, 0.05) is 16.7 Å². The molecule has 0 fully saturated rings. The maximum absolute atomic E-state index is 5.37. The van der Waals surface area contributed by atoms with Crippen molar-refractivity contribution in [3.8, 4) is 56.4 Å². The molecule has 0 radical (unpaired) electrons. The molecule has 9 aromatic carbocycles. The Kier molecular flexibility index (Phi) is 9.12.